The van der Waals surface area contributed by atoms with E-state index in [0.29, 0.717) is 43.5 Å². The second-order valence-electron chi connectivity index (χ2n) is 4.41. The predicted octanol–water partition coefficient (Wildman–Crippen LogP) is 2.36. The minimum absolute atomic E-state index is 0.0285. The van der Waals surface area contributed by atoms with Crippen molar-refractivity contribution in [1.82, 2.24) is 4.90 Å². The molecule has 2 rings (SSSR count). The van der Waals surface area contributed by atoms with Crippen molar-refractivity contribution in [3.63, 3.8) is 0 Å². The van der Waals surface area contributed by atoms with Gasteiger partial charge in [0.25, 0.3) is 5.91 Å². The molecule has 1 aliphatic rings. The Morgan fingerprint density at radius 2 is 2.00 bits per heavy atom. The Labute approximate surface area is 118 Å². The van der Waals surface area contributed by atoms with Gasteiger partial charge >= 0.3 is 0 Å². The molecule has 0 N–H and O–H groups in total. The Morgan fingerprint density at radius 1 is 1.37 bits per heavy atom. The smallest absolute Gasteiger partial charge is 0.263 e. The van der Waals surface area contributed by atoms with Crippen molar-refractivity contribution in [2.45, 2.75) is 19.4 Å². The van der Waals surface area contributed by atoms with Gasteiger partial charge in [0.05, 0.1) is 13.2 Å². The molecule has 4 nitrogen and oxygen atoms in total. The van der Waals surface area contributed by atoms with Crippen LogP contribution in [0.25, 0.3) is 0 Å². The fraction of sp³-hybridized carbons (Fsp3) is 0.500. The lowest BCUT2D eigenvalue weighted by Crippen LogP contribution is -2.47. The van der Waals surface area contributed by atoms with Crippen molar-refractivity contribution in [2.24, 2.45) is 0 Å². The van der Waals surface area contributed by atoms with Crippen molar-refractivity contribution < 1.29 is 14.3 Å². The van der Waals surface area contributed by atoms with Gasteiger partial charge in [0.1, 0.15) is 5.75 Å². The van der Waals surface area contributed by atoms with Gasteiger partial charge in [-0.2, -0.15) is 0 Å². The van der Waals surface area contributed by atoms with Crippen molar-refractivity contribution in [2.75, 3.05) is 26.3 Å². The molecule has 0 spiro atoms. The van der Waals surface area contributed by atoms with Gasteiger partial charge in [-0.25, -0.2) is 0 Å². The van der Waals surface area contributed by atoms with Crippen molar-refractivity contribution >= 4 is 17.5 Å². The molecule has 0 saturated carbocycles. The van der Waals surface area contributed by atoms with Gasteiger partial charge in [0, 0.05) is 18.1 Å². The summed E-state index contributed by atoms with van der Waals surface area (Å²) in [5.74, 6) is 0.693. The summed E-state index contributed by atoms with van der Waals surface area (Å²) in [6.07, 6.45) is 0.193. The minimum atomic E-state index is -0.445. The summed E-state index contributed by atoms with van der Waals surface area (Å²) in [6, 6.07) is 7.06. The largest absolute Gasteiger partial charge is 0.481 e. The van der Waals surface area contributed by atoms with Gasteiger partial charge in [-0.1, -0.05) is 18.5 Å². The SMILES string of the molecule is CC[C@@H](Oc1ccc(Cl)cc1)C(=O)N1CCOCC1. The summed E-state index contributed by atoms with van der Waals surface area (Å²) in [5, 5.41) is 0.653. The summed E-state index contributed by atoms with van der Waals surface area (Å²) in [7, 11) is 0. The molecule has 5 heteroatoms. The maximum Gasteiger partial charge on any atom is 0.263 e. The normalized spacial score (nSPS) is 17.1. The zero-order chi connectivity index (χ0) is 13.7. The molecule has 1 fully saturated rings. The molecule has 19 heavy (non-hydrogen) atoms. The molecule has 1 amide bonds. The standard InChI is InChI=1S/C14H18ClNO3/c1-2-13(14(17)16-7-9-18-10-8-16)19-12-5-3-11(15)4-6-12/h3-6,13H,2,7-10H2,1H3/t13-/m1/s1. The molecule has 0 unspecified atom stereocenters. The van der Waals surface area contributed by atoms with E-state index in [4.69, 9.17) is 21.1 Å². The van der Waals surface area contributed by atoms with Crippen LogP contribution in [0.4, 0.5) is 0 Å². The van der Waals surface area contributed by atoms with Crippen molar-refractivity contribution in [3.05, 3.63) is 29.3 Å². The first-order chi connectivity index (χ1) is 9.20. The lowest BCUT2D eigenvalue weighted by atomic mass is 10.2. The number of morpholine rings is 1. The Bertz CT molecular complexity index is 415. The van der Waals surface area contributed by atoms with E-state index >= 15 is 0 Å². The summed E-state index contributed by atoms with van der Waals surface area (Å²) >= 11 is 5.82. The van der Waals surface area contributed by atoms with E-state index in [1.54, 1.807) is 29.2 Å². The van der Waals surface area contributed by atoms with Crippen molar-refractivity contribution in [3.8, 4) is 5.75 Å². The van der Waals surface area contributed by atoms with Gasteiger partial charge in [-0.3, -0.25) is 4.79 Å². The van der Waals surface area contributed by atoms with Gasteiger partial charge in [-0.05, 0) is 30.7 Å². The number of halogens is 1. The topological polar surface area (TPSA) is 38.8 Å². The summed E-state index contributed by atoms with van der Waals surface area (Å²) in [5.41, 5.74) is 0. The molecule has 104 valence electrons. The van der Waals surface area contributed by atoms with Gasteiger partial charge in [0.15, 0.2) is 6.10 Å². The molecule has 0 bridgehead atoms. The molecule has 0 radical (unpaired) electrons. The van der Waals surface area contributed by atoms with Crippen LogP contribution in [-0.2, 0) is 9.53 Å². The molecule has 1 atom stereocenters. The van der Waals surface area contributed by atoms with Gasteiger partial charge < -0.3 is 14.4 Å². The summed E-state index contributed by atoms with van der Waals surface area (Å²) in [6.45, 7) is 4.42. The maximum absolute atomic E-state index is 12.3. The van der Waals surface area contributed by atoms with Crippen LogP contribution in [0.2, 0.25) is 5.02 Å². The average Bonchev–Trinajstić information content (AvgIpc) is 2.47. The van der Waals surface area contributed by atoms with E-state index in [-0.39, 0.29) is 5.91 Å². The van der Waals surface area contributed by atoms with E-state index < -0.39 is 6.10 Å². The maximum atomic E-state index is 12.3. The number of hydrogen-bond acceptors (Lipinski definition) is 3. The van der Waals surface area contributed by atoms with E-state index in [2.05, 4.69) is 0 Å². The lowest BCUT2D eigenvalue weighted by Gasteiger charge is -2.30. The number of carbonyl (C=O) groups excluding carboxylic acids is 1. The zero-order valence-corrected chi connectivity index (χ0v) is 11.7. The molecule has 1 aromatic rings. The lowest BCUT2D eigenvalue weighted by molar-refractivity contribution is -0.142. The van der Waals surface area contributed by atoms with Crippen LogP contribution in [0.3, 0.4) is 0 Å². The second-order valence-corrected chi connectivity index (χ2v) is 4.84. The van der Waals surface area contributed by atoms with E-state index in [1.807, 2.05) is 6.92 Å². The predicted molar refractivity (Wildman–Crippen MR) is 73.6 cm³/mol. The second kappa shape index (κ2) is 6.78. The summed E-state index contributed by atoms with van der Waals surface area (Å²) in [4.78, 5) is 14.1. The zero-order valence-electron chi connectivity index (χ0n) is 11.0. The van der Waals surface area contributed by atoms with Crippen LogP contribution < -0.4 is 4.74 Å². The van der Waals surface area contributed by atoms with E-state index in [0.717, 1.165) is 0 Å². The highest BCUT2D eigenvalue weighted by Gasteiger charge is 2.25. The quantitative estimate of drug-likeness (QED) is 0.851. The number of amides is 1. The Morgan fingerprint density at radius 3 is 2.58 bits per heavy atom. The van der Waals surface area contributed by atoms with Crippen LogP contribution >= 0.6 is 11.6 Å². The Balaban J connectivity index is 1.98. The van der Waals surface area contributed by atoms with Crippen LogP contribution in [0.5, 0.6) is 5.75 Å². The first kappa shape index (κ1) is 14.2. The third kappa shape index (κ3) is 3.85. The fourth-order valence-electron chi connectivity index (χ4n) is 1.97. The number of rotatable bonds is 4. The number of carbonyl (C=O) groups is 1. The van der Waals surface area contributed by atoms with E-state index in [1.165, 1.54) is 0 Å². The molecule has 1 aromatic carbocycles. The Hall–Kier alpha value is -1.26. The minimum Gasteiger partial charge on any atom is -0.481 e. The Kier molecular flexibility index (Phi) is 5.05. The number of benzene rings is 1. The third-order valence-electron chi connectivity index (χ3n) is 3.06. The molecule has 1 aliphatic heterocycles. The number of hydrogen-bond donors (Lipinski definition) is 0. The molecular formula is C14H18ClNO3. The molecule has 0 aliphatic carbocycles. The van der Waals surface area contributed by atoms with Crippen LogP contribution in [-0.4, -0.2) is 43.2 Å². The van der Waals surface area contributed by atoms with Crippen LogP contribution in [0, 0.1) is 0 Å². The highest BCUT2D eigenvalue weighted by atomic mass is 35.5. The average molecular weight is 284 g/mol. The van der Waals surface area contributed by atoms with Crippen LogP contribution in [0.15, 0.2) is 24.3 Å². The van der Waals surface area contributed by atoms with Gasteiger partial charge in [-0.15, -0.1) is 0 Å². The molecule has 1 saturated heterocycles. The molecule has 1 heterocycles. The first-order valence-corrected chi connectivity index (χ1v) is 6.87. The monoisotopic (exact) mass is 283 g/mol. The fourth-order valence-corrected chi connectivity index (χ4v) is 2.10. The first-order valence-electron chi connectivity index (χ1n) is 6.49. The number of nitrogens with zero attached hydrogens (tertiary/aromatic N) is 1. The van der Waals surface area contributed by atoms with Crippen molar-refractivity contribution in [1.29, 1.82) is 0 Å². The highest BCUT2D eigenvalue weighted by Crippen LogP contribution is 2.18. The molecule has 0 aromatic heterocycles. The summed E-state index contributed by atoms with van der Waals surface area (Å²) < 4.78 is 11.0. The van der Waals surface area contributed by atoms with Gasteiger partial charge in [0.2, 0.25) is 0 Å². The third-order valence-corrected chi connectivity index (χ3v) is 3.31. The number of ether oxygens (including phenoxy) is 2. The molecular weight excluding hydrogens is 266 g/mol. The van der Waals surface area contributed by atoms with Crippen LogP contribution in [0.1, 0.15) is 13.3 Å². The highest BCUT2D eigenvalue weighted by molar-refractivity contribution is 6.30. The van der Waals surface area contributed by atoms with E-state index in [9.17, 15) is 4.79 Å².